The Morgan fingerprint density at radius 3 is 0.841 bits per heavy atom. The SMILES string of the molecule is CCCc1cc2c(CCC)cc1C#CSCCCCSC#Cc1cc(CCC)c(cc1CCC)C#CSCCCCSC#C2. The van der Waals surface area contributed by atoms with Crippen LogP contribution in [0, 0.1) is 44.7 Å². The molecule has 0 aromatic heterocycles. The van der Waals surface area contributed by atoms with Crippen molar-refractivity contribution in [2.75, 3.05) is 23.0 Å². The smallest absolute Gasteiger partial charge is 0.0289 e. The summed E-state index contributed by atoms with van der Waals surface area (Å²) >= 11 is 7.02. The topological polar surface area (TPSA) is 0 Å². The maximum atomic E-state index is 3.51. The Morgan fingerprint density at radius 1 is 0.409 bits per heavy atom. The molecule has 0 radical (unpaired) electrons. The van der Waals surface area contributed by atoms with Crippen LogP contribution in [0.1, 0.15) is 124 Å². The van der Waals surface area contributed by atoms with E-state index in [0.717, 1.165) is 100 Å². The van der Waals surface area contributed by atoms with Crippen LogP contribution in [0.3, 0.4) is 0 Å². The molecule has 0 unspecified atom stereocenters. The second kappa shape index (κ2) is 22.6. The van der Waals surface area contributed by atoms with E-state index in [1.165, 1.54) is 44.5 Å². The normalized spacial score (nSPS) is 14.5. The van der Waals surface area contributed by atoms with Gasteiger partial charge in [-0.05, 0) is 119 Å². The van der Waals surface area contributed by atoms with Gasteiger partial charge in [-0.3, -0.25) is 0 Å². The second-order valence-electron chi connectivity index (χ2n) is 11.0. The van der Waals surface area contributed by atoms with Crippen LogP contribution in [0.4, 0.5) is 0 Å². The Balaban J connectivity index is 1.79. The maximum Gasteiger partial charge on any atom is 0.0289 e. The molecule has 0 saturated carbocycles. The minimum Gasteiger partial charge on any atom is -0.0747 e. The lowest BCUT2D eigenvalue weighted by Crippen LogP contribution is -1.98. The van der Waals surface area contributed by atoms with Crippen LogP contribution >= 0.6 is 47.0 Å². The molecule has 4 aliphatic rings. The van der Waals surface area contributed by atoms with Crippen LogP contribution in [0.15, 0.2) is 24.3 Å². The largest absolute Gasteiger partial charge is 0.0747 e. The Hall–Kier alpha value is -1.92. The summed E-state index contributed by atoms with van der Waals surface area (Å²) in [5.41, 5.74) is 10.1. The van der Waals surface area contributed by atoms with Gasteiger partial charge in [-0.15, -0.1) is 0 Å². The van der Waals surface area contributed by atoms with Crippen LogP contribution in [0.5, 0.6) is 0 Å². The van der Waals surface area contributed by atoms with Crippen molar-refractivity contribution in [3.05, 3.63) is 68.8 Å². The van der Waals surface area contributed by atoms with Gasteiger partial charge in [0.25, 0.3) is 0 Å². The predicted octanol–water partition coefficient (Wildman–Crippen LogP) is 10.9. The van der Waals surface area contributed by atoms with E-state index in [2.05, 4.69) is 96.7 Å². The van der Waals surface area contributed by atoms with Gasteiger partial charge in [-0.2, -0.15) is 0 Å². The number of rotatable bonds is 8. The first-order valence-corrected chi connectivity index (χ1v) is 20.5. The molecule has 0 atom stereocenters. The van der Waals surface area contributed by atoms with Crippen molar-refractivity contribution in [2.24, 2.45) is 0 Å². The lowest BCUT2D eigenvalue weighted by Gasteiger charge is -2.10. The molecular weight excluding hydrogens is 609 g/mol. The fraction of sp³-hybridized carbons (Fsp3) is 0.500. The van der Waals surface area contributed by atoms with Gasteiger partial charge >= 0.3 is 0 Å². The Kier molecular flexibility index (Phi) is 18.7. The van der Waals surface area contributed by atoms with Crippen LogP contribution in [0.2, 0.25) is 0 Å². The average molecular weight is 657 g/mol. The van der Waals surface area contributed by atoms with Gasteiger partial charge in [0.05, 0.1) is 0 Å². The molecule has 4 aliphatic heterocycles. The Bertz CT molecular complexity index is 1220. The van der Waals surface area contributed by atoms with Crippen LogP contribution in [-0.2, 0) is 25.7 Å². The van der Waals surface area contributed by atoms with E-state index in [-0.39, 0.29) is 0 Å². The highest BCUT2D eigenvalue weighted by molar-refractivity contribution is 8.04. The molecule has 4 heterocycles. The first kappa shape index (κ1) is 36.5. The lowest BCUT2D eigenvalue weighted by atomic mass is 9.94. The molecule has 0 saturated heterocycles. The highest BCUT2D eigenvalue weighted by Crippen LogP contribution is 2.22. The molecular formula is C40H48S4. The van der Waals surface area contributed by atoms with Crippen molar-refractivity contribution in [3.8, 4) is 44.7 Å². The lowest BCUT2D eigenvalue weighted by molar-refractivity contribution is 0.898. The molecule has 2 aromatic rings. The summed E-state index contributed by atoms with van der Waals surface area (Å²) in [6.45, 7) is 8.98. The van der Waals surface area contributed by atoms with Crippen molar-refractivity contribution < 1.29 is 0 Å². The van der Waals surface area contributed by atoms with E-state index in [0.29, 0.717) is 0 Å². The molecule has 2 aromatic carbocycles. The summed E-state index contributed by atoms with van der Waals surface area (Å²) in [4.78, 5) is 0. The second-order valence-corrected chi connectivity index (χ2v) is 14.7. The molecule has 4 heteroatoms. The first-order valence-electron chi connectivity index (χ1n) is 16.5. The summed E-state index contributed by atoms with van der Waals surface area (Å²) in [5.74, 6) is 18.3. The summed E-state index contributed by atoms with van der Waals surface area (Å²) in [6.07, 6.45) is 13.3. The van der Waals surface area contributed by atoms with Gasteiger partial charge in [0.1, 0.15) is 0 Å². The van der Waals surface area contributed by atoms with Crippen molar-refractivity contribution in [2.45, 2.75) is 105 Å². The number of thioether (sulfide) groups is 4. The van der Waals surface area contributed by atoms with Gasteiger partial charge in [-0.25, -0.2) is 0 Å². The van der Waals surface area contributed by atoms with E-state index in [4.69, 9.17) is 0 Å². The molecule has 0 N–H and O–H groups in total. The molecule has 232 valence electrons. The van der Waals surface area contributed by atoms with Crippen LogP contribution < -0.4 is 0 Å². The Labute approximate surface area is 286 Å². The fourth-order valence-corrected chi connectivity index (χ4v) is 7.54. The maximum absolute atomic E-state index is 3.51. The summed E-state index contributed by atoms with van der Waals surface area (Å²) < 4.78 is 0. The van der Waals surface area contributed by atoms with E-state index in [1.54, 1.807) is 47.0 Å². The highest BCUT2D eigenvalue weighted by Gasteiger charge is 2.09. The predicted molar refractivity (Wildman–Crippen MR) is 205 cm³/mol. The zero-order valence-corrected chi connectivity index (χ0v) is 30.5. The number of hydrogen-bond donors (Lipinski definition) is 0. The standard InChI is InChI=1S/C40H48S4/c1-5-13-33-29-38-18-26-42-22-11-12-24-44-28-20-40-32-35(15-7-3)39(31-36(40)16-8-4)19-27-43-23-10-9-21-41-25-17-37(33)30-34(38)14-6-2/h29-32H,5-16,21-24H2,1-4H3. The van der Waals surface area contributed by atoms with Gasteiger partial charge in [-0.1, -0.05) is 124 Å². The Morgan fingerprint density at radius 2 is 0.636 bits per heavy atom. The van der Waals surface area contributed by atoms with Crippen LogP contribution in [-0.4, -0.2) is 23.0 Å². The van der Waals surface area contributed by atoms with Gasteiger partial charge < -0.3 is 0 Å². The molecule has 0 nitrogen and oxygen atoms in total. The minimum absolute atomic E-state index is 1.05. The van der Waals surface area contributed by atoms with E-state index in [9.17, 15) is 0 Å². The molecule has 6 rings (SSSR count). The first-order chi connectivity index (χ1) is 21.7. The summed E-state index contributed by atoms with van der Waals surface area (Å²) in [7, 11) is 0. The van der Waals surface area contributed by atoms with Gasteiger partial charge in [0, 0.05) is 45.3 Å². The third kappa shape index (κ3) is 13.2. The third-order valence-electron chi connectivity index (χ3n) is 7.25. The molecule has 4 bridgehead atoms. The van der Waals surface area contributed by atoms with Crippen molar-refractivity contribution >= 4 is 47.0 Å². The molecule has 0 aliphatic carbocycles. The highest BCUT2D eigenvalue weighted by atomic mass is 32.2. The number of benzene rings is 2. The zero-order chi connectivity index (χ0) is 31.2. The fourth-order valence-electron chi connectivity index (χ4n) is 5.01. The van der Waals surface area contributed by atoms with E-state index in [1.807, 2.05) is 0 Å². The quantitative estimate of drug-likeness (QED) is 0.259. The monoisotopic (exact) mass is 656 g/mol. The molecule has 0 spiro atoms. The molecule has 0 fully saturated rings. The minimum atomic E-state index is 1.05. The molecule has 44 heavy (non-hydrogen) atoms. The average Bonchev–Trinajstić information content (AvgIpc) is 3.02. The van der Waals surface area contributed by atoms with Crippen molar-refractivity contribution in [1.29, 1.82) is 0 Å². The third-order valence-corrected chi connectivity index (χ3v) is 10.2. The van der Waals surface area contributed by atoms with E-state index < -0.39 is 0 Å². The number of aryl methyl sites for hydroxylation is 4. The van der Waals surface area contributed by atoms with Gasteiger partial charge in [0.2, 0.25) is 0 Å². The van der Waals surface area contributed by atoms with Crippen molar-refractivity contribution in [1.82, 2.24) is 0 Å². The van der Waals surface area contributed by atoms with E-state index >= 15 is 0 Å². The van der Waals surface area contributed by atoms with Crippen LogP contribution in [0.25, 0.3) is 0 Å². The molecule has 0 amide bonds. The zero-order valence-electron chi connectivity index (χ0n) is 27.3. The van der Waals surface area contributed by atoms with Crippen molar-refractivity contribution in [3.63, 3.8) is 0 Å². The van der Waals surface area contributed by atoms with Gasteiger partial charge in [0.15, 0.2) is 0 Å². The number of hydrogen-bond acceptors (Lipinski definition) is 4. The summed E-state index contributed by atoms with van der Waals surface area (Å²) in [6, 6.07) is 9.29. The summed E-state index contributed by atoms with van der Waals surface area (Å²) in [5, 5.41) is 13.7.